The van der Waals surface area contributed by atoms with E-state index in [1.165, 1.54) is 11.9 Å². The Kier molecular flexibility index (Phi) is 4.09. The molecule has 0 spiro atoms. The normalized spacial score (nSPS) is 11.2. The van der Waals surface area contributed by atoms with Crippen molar-refractivity contribution < 1.29 is 4.74 Å². The largest absolute Gasteiger partial charge is 0.497 e. The van der Waals surface area contributed by atoms with Crippen molar-refractivity contribution in [3.8, 4) is 11.8 Å². The predicted molar refractivity (Wildman–Crippen MR) is 92.1 cm³/mol. The summed E-state index contributed by atoms with van der Waals surface area (Å²) in [5.74, 6) is 1.55. The topological polar surface area (TPSA) is 75.2 Å². The second-order valence-electron chi connectivity index (χ2n) is 6.27. The number of methoxy groups -OCH3 is 1. The molecule has 0 aliphatic carbocycles. The summed E-state index contributed by atoms with van der Waals surface area (Å²) >= 11 is 0. The van der Waals surface area contributed by atoms with E-state index in [1.807, 2.05) is 24.3 Å². The van der Waals surface area contributed by atoms with Crippen molar-refractivity contribution in [2.75, 3.05) is 12.4 Å². The molecule has 0 aliphatic rings. The number of hydrogen-bond donors (Lipinski definition) is 1. The molecular weight excluding hydrogens is 302 g/mol. The molecule has 3 aromatic rings. The van der Waals surface area contributed by atoms with Gasteiger partial charge in [0, 0.05) is 5.54 Å². The van der Waals surface area contributed by atoms with Gasteiger partial charge in [0.25, 0.3) is 0 Å². The van der Waals surface area contributed by atoms with E-state index < -0.39 is 0 Å². The van der Waals surface area contributed by atoms with Gasteiger partial charge >= 0.3 is 0 Å². The van der Waals surface area contributed by atoms with E-state index >= 15 is 0 Å². The minimum absolute atomic E-state index is 0.238. The molecule has 0 aliphatic heterocycles. The summed E-state index contributed by atoms with van der Waals surface area (Å²) in [6, 6.07) is 13.7. The highest BCUT2D eigenvalue weighted by molar-refractivity contribution is 5.69. The van der Waals surface area contributed by atoms with Crippen molar-refractivity contribution >= 4 is 11.3 Å². The van der Waals surface area contributed by atoms with Crippen LogP contribution in [0.25, 0.3) is 5.52 Å². The average molecular weight is 321 g/mol. The zero-order valence-corrected chi connectivity index (χ0v) is 13.9. The smallest absolute Gasteiger partial charge is 0.154 e. The van der Waals surface area contributed by atoms with E-state index in [2.05, 4.69) is 41.4 Å². The number of fused-ring (bicyclic) bond motifs is 1. The first-order valence-corrected chi connectivity index (χ1v) is 7.66. The van der Waals surface area contributed by atoms with E-state index in [1.54, 1.807) is 17.7 Å². The zero-order chi connectivity index (χ0) is 17.2. The van der Waals surface area contributed by atoms with Crippen molar-refractivity contribution in [2.24, 2.45) is 0 Å². The zero-order valence-electron chi connectivity index (χ0n) is 13.9. The fraction of sp³-hybridized carbons (Fsp3) is 0.278. The van der Waals surface area contributed by atoms with Crippen LogP contribution in [-0.4, -0.2) is 27.2 Å². The lowest BCUT2D eigenvalue weighted by atomic mass is 9.94. The maximum Gasteiger partial charge on any atom is 0.154 e. The molecular formula is C18H19N5O. The van der Waals surface area contributed by atoms with Gasteiger partial charge in [-0.05, 0) is 50.1 Å². The van der Waals surface area contributed by atoms with Crippen LogP contribution in [0.1, 0.15) is 25.1 Å². The molecule has 1 N–H and O–H groups in total. The van der Waals surface area contributed by atoms with Gasteiger partial charge in [-0.2, -0.15) is 10.4 Å². The highest BCUT2D eigenvalue weighted by Crippen LogP contribution is 2.24. The molecule has 1 aromatic carbocycles. The summed E-state index contributed by atoms with van der Waals surface area (Å²) < 4.78 is 6.88. The van der Waals surface area contributed by atoms with Gasteiger partial charge in [-0.25, -0.2) is 9.50 Å². The first-order chi connectivity index (χ1) is 11.5. The molecule has 2 aromatic heterocycles. The number of nitrogens with zero attached hydrogens (tertiary/aromatic N) is 4. The fourth-order valence-electron chi connectivity index (χ4n) is 2.77. The van der Waals surface area contributed by atoms with Crippen LogP contribution in [0.5, 0.6) is 5.75 Å². The highest BCUT2D eigenvalue weighted by atomic mass is 16.5. The third kappa shape index (κ3) is 3.15. The Bertz CT molecular complexity index is 907. The van der Waals surface area contributed by atoms with E-state index in [-0.39, 0.29) is 5.54 Å². The minimum atomic E-state index is -0.238. The van der Waals surface area contributed by atoms with Gasteiger partial charge in [0.1, 0.15) is 29.4 Å². The third-order valence-corrected chi connectivity index (χ3v) is 3.80. The molecule has 0 atom stereocenters. The number of nitriles is 1. The lowest BCUT2D eigenvalue weighted by molar-refractivity contribution is 0.413. The number of anilines is 1. The molecule has 0 saturated carbocycles. The lowest BCUT2D eigenvalue weighted by Crippen LogP contribution is -2.34. The number of rotatable bonds is 5. The first-order valence-electron chi connectivity index (χ1n) is 7.66. The van der Waals surface area contributed by atoms with Gasteiger partial charge in [-0.1, -0.05) is 12.1 Å². The molecule has 6 heteroatoms. The molecule has 3 rings (SSSR count). The van der Waals surface area contributed by atoms with Crippen LogP contribution in [0.4, 0.5) is 5.82 Å². The molecule has 0 saturated heterocycles. The Morgan fingerprint density at radius 1 is 1.29 bits per heavy atom. The Morgan fingerprint density at radius 3 is 2.88 bits per heavy atom. The molecule has 24 heavy (non-hydrogen) atoms. The van der Waals surface area contributed by atoms with Gasteiger partial charge in [0.2, 0.25) is 0 Å². The first kappa shape index (κ1) is 15.8. The number of aromatic nitrogens is 3. The van der Waals surface area contributed by atoms with Crippen molar-refractivity contribution in [1.82, 2.24) is 14.6 Å². The van der Waals surface area contributed by atoms with Crippen molar-refractivity contribution in [1.29, 1.82) is 5.26 Å². The van der Waals surface area contributed by atoms with Crippen LogP contribution in [0.2, 0.25) is 0 Å². The molecule has 0 unspecified atom stereocenters. The van der Waals surface area contributed by atoms with E-state index in [4.69, 9.17) is 10.00 Å². The van der Waals surface area contributed by atoms with E-state index in [0.717, 1.165) is 17.7 Å². The van der Waals surface area contributed by atoms with Crippen molar-refractivity contribution in [3.63, 3.8) is 0 Å². The van der Waals surface area contributed by atoms with Gasteiger partial charge in [-0.15, -0.1) is 0 Å². The van der Waals surface area contributed by atoms with Gasteiger partial charge in [0.15, 0.2) is 5.82 Å². The standard InChI is InChI=1S/C18H19N5O/c1-18(2,10-13-5-4-6-15(9-13)24-3)22-17-16-8-7-14(11-19)23(16)21-12-20-17/h4-9,12H,10H2,1-3H3,(H,20,21,22). The Morgan fingerprint density at radius 2 is 2.12 bits per heavy atom. The van der Waals surface area contributed by atoms with Crippen LogP contribution in [0.3, 0.4) is 0 Å². The minimum Gasteiger partial charge on any atom is -0.497 e. The summed E-state index contributed by atoms with van der Waals surface area (Å²) in [4.78, 5) is 4.34. The van der Waals surface area contributed by atoms with E-state index in [9.17, 15) is 0 Å². The highest BCUT2D eigenvalue weighted by Gasteiger charge is 2.21. The van der Waals surface area contributed by atoms with Gasteiger partial charge in [-0.3, -0.25) is 0 Å². The molecule has 0 amide bonds. The van der Waals surface area contributed by atoms with E-state index in [0.29, 0.717) is 11.5 Å². The molecule has 0 radical (unpaired) electrons. The molecule has 0 bridgehead atoms. The molecule has 6 nitrogen and oxygen atoms in total. The van der Waals surface area contributed by atoms with Gasteiger partial charge in [0.05, 0.1) is 7.11 Å². The number of nitrogens with one attached hydrogen (secondary N) is 1. The second kappa shape index (κ2) is 6.20. The second-order valence-corrected chi connectivity index (χ2v) is 6.27. The maximum absolute atomic E-state index is 9.13. The number of benzene rings is 1. The molecule has 0 fully saturated rings. The summed E-state index contributed by atoms with van der Waals surface area (Å²) in [6.45, 7) is 4.22. The maximum atomic E-state index is 9.13. The number of ether oxygens (including phenoxy) is 1. The summed E-state index contributed by atoms with van der Waals surface area (Å²) in [6.07, 6.45) is 2.25. The summed E-state index contributed by atoms with van der Waals surface area (Å²) in [7, 11) is 1.67. The van der Waals surface area contributed by atoms with Crippen LogP contribution >= 0.6 is 0 Å². The van der Waals surface area contributed by atoms with Crippen LogP contribution in [0, 0.1) is 11.3 Å². The van der Waals surface area contributed by atoms with Crippen molar-refractivity contribution in [3.05, 3.63) is 54.0 Å². The Balaban J connectivity index is 1.86. The SMILES string of the molecule is COc1cccc(CC(C)(C)Nc2ncnn3c(C#N)ccc23)c1. The molecule has 122 valence electrons. The summed E-state index contributed by atoms with van der Waals surface area (Å²) in [5.41, 5.74) is 2.21. The summed E-state index contributed by atoms with van der Waals surface area (Å²) in [5, 5.41) is 16.7. The van der Waals surface area contributed by atoms with Crippen LogP contribution < -0.4 is 10.1 Å². The van der Waals surface area contributed by atoms with Crippen LogP contribution in [0.15, 0.2) is 42.7 Å². The monoisotopic (exact) mass is 321 g/mol. The fourth-order valence-corrected chi connectivity index (χ4v) is 2.77. The Labute approximate surface area is 140 Å². The van der Waals surface area contributed by atoms with Crippen LogP contribution in [-0.2, 0) is 6.42 Å². The van der Waals surface area contributed by atoms with Gasteiger partial charge < -0.3 is 10.1 Å². The number of hydrogen-bond acceptors (Lipinski definition) is 5. The lowest BCUT2D eigenvalue weighted by Gasteiger charge is -2.27. The predicted octanol–water partition coefficient (Wildman–Crippen LogP) is 3.04. The quantitative estimate of drug-likeness (QED) is 0.781. The van der Waals surface area contributed by atoms with Crippen molar-refractivity contribution in [2.45, 2.75) is 25.8 Å². The average Bonchev–Trinajstić information content (AvgIpc) is 2.98. The molecule has 2 heterocycles. The Hall–Kier alpha value is -3.07. The third-order valence-electron chi connectivity index (χ3n) is 3.80.